The van der Waals surface area contributed by atoms with Gasteiger partial charge in [0, 0.05) is 7.05 Å². The van der Waals surface area contributed by atoms with Crippen LogP contribution in [0.5, 0.6) is 17.2 Å². The van der Waals surface area contributed by atoms with Crippen LogP contribution in [0, 0.1) is 0 Å². The van der Waals surface area contributed by atoms with E-state index in [2.05, 4.69) is 15.8 Å². The Balaban J connectivity index is 2.11. The predicted molar refractivity (Wildman–Crippen MR) is 103 cm³/mol. The molecule has 0 fully saturated rings. The van der Waals surface area contributed by atoms with Crippen molar-refractivity contribution in [2.45, 2.75) is 0 Å². The van der Waals surface area contributed by atoms with Crippen molar-refractivity contribution in [1.82, 2.24) is 10.7 Å². The van der Waals surface area contributed by atoms with Crippen LogP contribution < -0.4 is 25.0 Å². The fourth-order valence-electron chi connectivity index (χ4n) is 1.96. The van der Waals surface area contributed by atoms with Crippen LogP contribution in [-0.4, -0.2) is 38.6 Å². The summed E-state index contributed by atoms with van der Waals surface area (Å²) in [5.41, 5.74) is 3.80. The van der Waals surface area contributed by atoms with Crippen molar-refractivity contribution in [2.75, 3.05) is 21.3 Å². The molecule has 136 valence electrons. The highest BCUT2D eigenvalue weighted by Gasteiger charge is 2.13. The predicted octanol–water partition coefficient (Wildman–Crippen LogP) is 2.35. The molecule has 0 aliphatic rings. The van der Waals surface area contributed by atoms with Gasteiger partial charge in [0.15, 0.2) is 16.6 Å². The summed E-state index contributed by atoms with van der Waals surface area (Å²) in [5.74, 6) is 0.888. The highest BCUT2D eigenvalue weighted by molar-refractivity contribution is 7.80. The molecule has 0 heterocycles. The largest absolute Gasteiger partial charge is 0.497 e. The molecule has 0 saturated carbocycles. The van der Waals surface area contributed by atoms with Crippen molar-refractivity contribution in [2.24, 2.45) is 5.10 Å². The molecular formula is C18H19N3O4S. The molecule has 0 radical (unpaired) electrons. The van der Waals surface area contributed by atoms with Gasteiger partial charge in [0.25, 0.3) is 0 Å². The molecule has 0 saturated heterocycles. The maximum Gasteiger partial charge on any atom is 0.343 e. The summed E-state index contributed by atoms with van der Waals surface area (Å²) in [7, 11) is 4.75. The Kier molecular flexibility index (Phi) is 6.92. The van der Waals surface area contributed by atoms with Gasteiger partial charge in [-0.1, -0.05) is 0 Å². The minimum atomic E-state index is -0.492. The Bertz CT molecular complexity index is 807. The molecular weight excluding hydrogens is 354 g/mol. The van der Waals surface area contributed by atoms with Gasteiger partial charge in [0.1, 0.15) is 5.75 Å². The lowest BCUT2D eigenvalue weighted by Crippen LogP contribution is -2.28. The number of hydrogen-bond donors (Lipinski definition) is 2. The standard InChI is InChI=1S/C18H19N3O4S/c1-19-18(26)21-20-11-12-4-9-15(16(10-12)24-3)25-17(22)13-5-7-14(23-2)8-6-13/h4-11H,1-3H3,(H2,19,21,26)/b20-11+. The highest BCUT2D eigenvalue weighted by Crippen LogP contribution is 2.28. The summed E-state index contributed by atoms with van der Waals surface area (Å²) in [5, 5.41) is 7.13. The van der Waals surface area contributed by atoms with Crippen LogP contribution in [0.25, 0.3) is 0 Å². The van der Waals surface area contributed by atoms with E-state index in [1.54, 1.807) is 62.8 Å². The van der Waals surface area contributed by atoms with Crippen molar-refractivity contribution in [3.63, 3.8) is 0 Å². The quantitative estimate of drug-likeness (QED) is 0.264. The van der Waals surface area contributed by atoms with E-state index >= 15 is 0 Å². The molecule has 0 amide bonds. The van der Waals surface area contributed by atoms with Crippen molar-refractivity contribution in [3.8, 4) is 17.2 Å². The number of esters is 1. The topological polar surface area (TPSA) is 81.2 Å². The molecule has 0 aromatic heterocycles. The maximum absolute atomic E-state index is 12.3. The smallest absolute Gasteiger partial charge is 0.343 e. The summed E-state index contributed by atoms with van der Waals surface area (Å²) < 4.78 is 15.8. The lowest BCUT2D eigenvalue weighted by molar-refractivity contribution is 0.0729. The summed E-state index contributed by atoms with van der Waals surface area (Å²) >= 11 is 4.92. The third kappa shape index (κ3) is 5.18. The van der Waals surface area contributed by atoms with Gasteiger partial charge in [-0.3, -0.25) is 5.43 Å². The average molecular weight is 373 g/mol. The lowest BCUT2D eigenvalue weighted by atomic mass is 10.2. The molecule has 0 aliphatic carbocycles. The fourth-order valence-corrected chi connectivity index (χ4v) is 2.01. The summed E-state index contributed by atoms with van der Waals surface area (Å²) in [6.45, 7) is 0. The second-order valence-corrected chi connectivity index (χ2v) is 5.39. The summed E-state index contributed by atoms with van der Waals surface area (Å²) in [6, 6.07) is 11.7. The van der Waals surface area contributed by atoms with Crippen LogP contribution in [0.1, 0.15) is 15.9 Å². The van der Waals surface area contributed by atoms with Gasteiger partial charge < -0.3 is 19.5 Å². The van der Waals surface area contributed by atoms with Crippen molar-refractivity contribution < 1.29 is 19.0 Å². The zero-order valence-corrected chi connectivity index (χ0v) is 15.4. The van der Waals surface area contributed by atoms with Crippen molar-refractivity contribution in [3.05, 3.63) is 53.6 Å². The maximum atomic E-state index is 12.3. The fraction of sp³-hybridized carbons (Fsp3) is 0.167. The zero-order valence-electron chi connectivity index (χ0n) is 14.6. The molecule has 2 N–H and O–H groups in total. The van der Waals surface area contributed by atoms with Crippen molar-refractivity contribution >= 4 is 29.5 Å². The second-order valence-electron chi connectivity index (χ2n) is 4.98. The van der Waals surface area contributed by atoms with E-state index in [1.165, 1.54) is 7.11 Å². The Hall–Kier alpha value is -3.13. The summed E-state index contributed by atoms with van der Waals surface area (Å²) in [4.78, 5) is 12.3. The lowest BCUT2D eigenvalue weighted by Gasteiger charge is -2.10. The SMILES string of the molecule is CNC(=S)N/N=C/c1ccc(OC(=O)c2ccc(OC)cc2)c(OC)c1. The molecule has 0 aliphatic heterocycles. The molecule has 0 spiro atoms. The number of carbonyl (C=O) groups excluding carboxylic acids is 1. The van der Waals surface area contributed by atoms with E-state index in [1.807, 2.05) is 0 Å². The molecule has 2 rings (SSSR count). The third-order valence-electron chi connectivity index (χ3n) is 3.32. The average Bonchev–Trinajstić information content (AvgIpc) is 2.68. The number of hydrogen-bond acceptors (Lipinski definition) is 6. The highest BCUT2D eigenvalue weighted by atomic mass is 32.1. The van der Waals surface area contributed by atoms with E-state index in [9.17, 15) is 4.79 Å². The van der Waals surface area contributed by atoms with Crippen LogP contribution in [0.3, 0.4) is 0 Å². The zero-order chi connectivity index (χ0) is 18.9. The number of nitrogens with one attached hydrogen (secondary N) is 2. The first kappa shape index (κ1) is 19.2. The van der Waals surface area contributed by atoms with Gasteiger partial charge in [-0.05, 0) is 60.2 Å². The molecule has 2 aromatic carbocycles. The van der Waals surface area contributed by atoms with E-state index in [0.717, 1.165) is 5.56 Å². The molecule has 7 nitrogen and oxygen atoms in total. The van der Waals surface area contributed by atoms with Crippen LogP contribution in [0.2, 0.25) is 0 Å². The number of carbonyl (C=O) groups is 1. The van der Waals surface area contributed by atoms with Crippen LogP contribution in [-0.2, 0) is 0 Å². The number of benzene rings is 2. The van der Waals surface area contributed by atoms with Gasteiger partial charge >= 0.3 is 5.97 Å². The number of hydrazone groups is 1. The molecule has 0 atom stereocenters. The summed E-state index contributed by atoms with van der Waals surface area (Å²) in [6.07, 6.45) is 1.57. The monoisotopic (exact) mass is 373 g/mol. The van der Waals surface area contributed by atoms with Gasteiger partial charge in [-0.25, -0.2) is 4.79 Å². The molecule has 8 heteroatoms. The third-order valence-corrected chi connectivity index (χ3v) is 3.62. The van der Waals surface area contributed by atoms with Crippen LogP contribution in [0.4, 0.5) is 0 Å². The molecule has 26 heavy (non-hydrogen) atoms. The Morgan fingerprint density at radius 2 is 1.81 bits per heavy atom. The van der Waals surface area contributed by atoms with Gasteiger partial charge in [-0.2, -0.15) is 5.10 Å². The van der Waals surface area contributed by atoms with E-state index in [-0.39, 0.29) is 0 Å². The van der Waals surface area contributed by atoms with E-state index < -0.39 is 5.97 Å². The molecule has 0 bridgehead atoms. The Morgan fingerprint density at radius 1 is 1.08 bits per heavy atom. The van der Waals surface area contributed by atoms with Gasteiger partial charge in [0.05, 0.1) is 26.0 Å². The Morgan fingerprint density at radius 3 is 2.42 bits per heavy atom. The van der Waals surface area contributed by atoms with Crippen LogP contribution in [0.15, 0.2) is 47.6 Å². The number of nitrogens with zero attached hydrogens (tertiary/aromatic N) is 1. The van der Waals surface area contributed by atoms with Crippen molar-refractivity contribution in [1.29, 1.82) is 0 Å². The van der Waals surface area contributed by atoms with Gasteiger partial charge in [0.2, 0.25) is 0 Å². The second kappa shape index (κ2) is 9.38. The number of thiocarbonyl (C=S) groups is 1. The molecule has 2 aromatic rings. The first-order valence-electron chi connectivity index (χ1n) is 7.62. The first-order valence-corrected chi connectivity index (χ1v) is 8.03. The number of ether oxygens (including phenoxy) is 3. The van der Waals surface area contributed by atoms with Gasteiger partial charge in [-0.15, -0.1) is 0 Å². The number of methoxy groups -OCH3 is 2. The Labute approximate surface area is 157 Å². The minimum absolute atomic E-state index is 0.309. The molecule has 0 unspecified atom stereocenters. The minimum Gasteiger partial charge on any atom is -0.497 e. The normalized spacial score (nSPS) is 10.3. The number of rotatable bonds is 6. The van der Waals surface area contributed by atoms with Crippen LogP contribution >= 0.6 is 12.2 Å². The van der Waals surface area contributed by atoms with E-state index in [0.29, 0.717) is 27.9 Å². The first-order chi connectivity index (χ1) is 12.6. The van der Waals surface area contributed by atoms with E-state index in [4.69, 9.17) is 26.4 Å².